The molecule has 0 aromatic heterocycles. The van der Waals surface area contributed by atoms with Crippen molar-refractivity contribution >= 4 is 10.2 Å². The lowest BCUT2D eigenvalue weighted by atomic mass is 10.0. The molecule has 0 aromatic carbocycles. The molecule has 1 N–H and O–H groups in total. The monoisotopic (exact) mass is 305 g/mol. The molecule has 2 rings (SSSR count). The van der Waals surface area contributed by atoms with Crippen LogP contribution in [-0.2, 0) is 10.2 Å². The minimum Gasteiger partial charge on any atom is -0.396 e. The Morgan fingerprint density at radius 3 is 2.50 bits per heavy atom. The summed E-state index contributed by atoms with van der Waals surface area (Å²) < 4.78 is 28.7. The van der Waals surface area contributed by atoms with Crippen molar-refractivity contribution in [2.75, 3.05) is 46.4 Å². The van der Waals surface area contributed by atoms with Gasteiger partial charge >= 0.3 is 0 Å². The summed E-state index contributed by atoms with van der Waals surface area (Å²) in [5.41, 5.74) is -0.141. The van der Waals surface area contributed by atoms with Crippen LogP contribution < -0.4 is 0 Å². The van der Waals surface area contributed by atoms with Crippen LogP contribution in [0.2, 0.25) is 0 Å². The first kappa shape index (κ1) is 16.2. The quantitative estimate of drug-likeness (QED) is 0.795. The number of rotatable bonds is 3. The van der Waals surface area contributed by atoms with Crippen LogP contribution >= 0.6 is 0 Å². The van der Waals surface area contributed by atoms with Crippen LogP contribution in [0.25, 0.3) is 0 Å². The molecule has 20 heavy (non-hydrogen) atoms. The van der Waals surface area contributed by atoms with E-state index in [2.05, 4.69) is 18.7 Å². The molecule has 118 valence electrons. The Bertz CT molecular complexity index is 438. The molecule has 0 radical (unpaired) electrons. The third-order valence-corrected chi connectivity index (χ3v) is 6.62. The van der Waals surface area contributed by atoms with Crippen molar-refractivity contribution in [3.05, 3.63) is 0 Å². The van der Waals surface area contributed by atoms with Crippen molar-refractivity contribution in [2.24, 2.45) is 5.92 Å². The molecule has 2 aliphatic heterocycles. The van der Waals surface area contributed by atoms with Gasteiger partial charge in [0.2, 0.25) is 0 Å². The lowest BCUT2D eigenvalue weighted by Gasteiger charge is -2.46. The second-order valence-corrected chi connectivity index (χ2v) is 8.55. The topological polar surface area (TPSA) is 64.1 Å². The van der Waals surface area contributed by atoms with Crippen molar-refractivity contribution in [2.45, 2.75) is 32.2 Å². The summed E-state index contributed by atoms with van der Waals surface area (Å²) in [7, 11) is -1.36. The highest BCUT2D eigenvalue weighted by Crippen LogP contribution is 2.25. The molecule has 2 heterocycles. The summed E-state index contributed by atoms with van der Waals surface area (Å²) in [5.74, 6) is 0.0824. The van der Waals surface area contributed by atoms with E-state index in [0.717, 1.165) is 19.4 Å². The van der Waals surface area contributed by atoms with E-state index in [1.54, 1.807) is 8.61 Å². The molecule has 2 aliphatic rings. The van der Waals surface area contributed by atoms with E-state index < -0.39 is 10.2 Å². The number of aliphatic hydroxyl groups excluding tert-OH is 1. The van der Waals surface area contributed by atoms with Gasteiger partial charge in [-0.2, -0.15) is 17.0 Å². The molecule has 0 spiro atoms. The highest BCUT2D eigenvalue weighted by Gasteiger charge is 2.40. The maximum Gasteiger partial charge on any atom is 0.282 e. The van der Waals surface area contributed by atoms with Crippen molar-refractivity contribution in [3.8, 4) is 0 Å². The van der Waals surface area contributed by atoms with E-state index in [9.17, 15) is 13.5 Å². The fourth-order valence-electron chi connectivity index (χ4n) is 2.94. The molecule has 0 bridgehead atoms. The maximum atomic E-state index is 12.7. The van der Waals surface area contributed by atoms with Gasteiger partial charge in [-0.1, -0.05) is 0 Å². The maximum absolute atomic E-state index is 12.7. The van der Waals surface area contributed by atoms with E-state index in [4.69, 9.17) is 0 Å². The predicted molar refractivity (Wildman–Crippen MR) is 78.6 cm³/mol. The molecule has 1 unspecified atom stereocenters. The Morgan fingerprint density at radius 1 is 1.20 bits per heavy atom. The Balaban J connectivity index is 2.10. The highest BCUT2D eigenvalue weighted by atomic mass is 32.2. The Hall–Kier alpha value is -0.210. The van der Waals surface area contributed by atoms with Gasteiger partial charge in [-0.3, -0.25) is 4.90 Å². The van der Waals surface area contributed by atoms with E-state index in [0.29, 0.717) is 26.2 Å². The SMILES string of the molecule is CN1CCN(S(=O)(=O)N2CCCC(CO)C2)CC1(C)C. The number of hydrogen-bond donors (Lipinski definition) is 1. The van der Waals surface area contributed by atoms with E-state index >= 15 is 0 Å². The molecular weight excluding hydrogens is 278 g/mol. The van der Waals surface area contributed by atoms with Crippen molar-refractivity contribution in [3.63, 3.8) is 0 Å². The summed E-state index contributed by atoms with van der Waals surface area (Å²) in [6.45, 7) is 7.05. The van der Waals surface area contributed by atoms with E-state index in [1.807, 2.05) is 7.05 Å². The first-order valence-electron chi connectivity index (χ1n) is 7.34. The Labute approximate surface area is 122 Å². The summed E-state index contributed by atoms with van der Waals surface area (Å²) in [6, 6.07) is 0. The van der Waals surface area contributed by atoms with Crippen molar-refractivity contribution in [1.82, 2.24) is 13.5 Å². The summed E-state index contributed by atoms with van der Waals surface area (Å²) >= 11 is 0. The van der Waals surface area contributed by atoms with Crippen molar-refractivity contribution < 1.29 is 13.5 Å². The normalized spacial score (nSPS) is 30.5. The predicted octanol–water partition coefficient (Wildman–Crippen LogP) is -0.0385. The van der Waals surface area contributed by atoms with Crippen LogP contribution in [0.1, 0.15) is 26.7 Å². The zero-order chi connectivity index (χ0) is 15.0. The largest absolute Gasteiger partial charge is 0.396 e. The standard InChI is InChI=1S/C13H27N3O3S/c1-13(2)11-16(8-7-14(13)3)20(18,19)15-6-4-5-12(9-15)10-17/h12,17H,4-11H2,1-3H3. The van der Waals surface area contributed by atoms with Crippen LogP contribution in [0.4, 0.5) is 0 Å². The minimum atomic E-state index is -3.39. The number of piperazine rings is 1. The first-order valence-corrected chi connectivity index (χ1v) is 8.74. The fraction of sp³-hybridized carbons (Fsp3) is 1.00. The second-order valence-electron chi connectivity index (χ2n) is 6.62. The summed E-state index contributed by atoms with van der Waals surface area (Å²) in [5, 5.41) is 9.26. The molecule has 1 atom stereocenters. The minimum absolute atomic E-state index is 0.0697. The smallest absolute Gasteiger partial charge is 0.282 e. The van der Waals surface area contributed by atoms with Gasteiger partial charge < -0.3 is 5.11 Å². The van der Waals surface area contributed by atoms with Crippen LogP contribution in [0.15, 0.2) is 0 Å². The zero-order valence-electron chi connectivity index (χ0n) is 12.7. The highest BCUT2D eigenvalue weighted by molar-refractivity contribution is 7.86. The number of likely N-dealkylation sites (N-methyl/N-ethyl adjacent to an activating group) is 1. The van der Waals surface area contributed by atoms with Crippen LogP contribution in [0.5, 0.6) is 0 Å². The molecule has 0 saturated carbocycles. The molecule has 6 nitrogen and oxygen atoms in total. The van der Waals surface area contributed by atoms with Crippen LogP contribution in [0.3, 0.4) is 0 Å². The van der Waals surface area contributed by atoms with Gasteiger partial charge in [-0.25, -0.2) is 0 Å². The van der Waals surface area contributed by atoms with Gasteiger partial charge in [-0.05, 0) is 39.7 Å². The lowest BCUT2D eigenvalue weighted by molar-refractivity contribution is 0.0743. The number of nitrogens with zero attached hydrogens (tertiary/aromatic N) is 3. The molecule has 7 heteroatoms. The van der Waals surface area contributed by atoms with Gasteiger partial charge in [0.05, 0.1) is 0 Å². The Morgan fingerprint density at radius 2 is 1.90 bits per heavy atom. The third-order valence-electron chi connectivity index (χ3n) is 4.67. The van der Waals surface area contributed by atoms with Gasteiger partial charge in [0.1, 0.15) is 0 Å². The molecule has 2 saturated heterocycles. The van der Waals surface area contributed by atoms with Gasteiger partial charge in [0.15, 0.2) is 0 Å². The second kappa shape index (κ2) is 5.88. The Kier molecular flexibility index (Phi) is 4.76. The fourth-order valence-corrected chi connectivity index (χ4v) is 4.82. The molecule has 2 fully saturated rings. The summed E-state index contributed by atoms with van der Waals surface area (Å²) in [4.78, 5) is 2.20. The van der Waals surface area contributed by atoms with Gasteiger partial charge in [-0.15, -0.1) is 0 Å². The van der Waals surface area contributed by atoms with Gasteiger partial charge in [0, 0.05) is 44.9 Å². The molecule has 0 aliphatic carbocycles. The first-order chi connectivity index (χ1) is 9.27. The number of aliphatic hydroxyl groups is 1. The summed E-state index contributed by atoms with van der Waals surface area (Å²) in [6.07, 6.45) is 1.75. The third kappa shape index (κ3) is 3.17. The van der Waals surface area contributed by atoms with Crippen LogP contribution in [-0.4, -0.2) is 79.0 Å². The lowest BCUT2D eigenvalue weighted by Crippen LogP contribution is -2.61. The molecular formula is C13H27N3O3S. The van der Waals surface area contributed by atoms with Gasteiger partial charge in [0.25, 0.3) is 10.2 Å². The number of piperidine rings is 1. The average Bonchev–Trinajstić information content (AvgIpc) is 2.41. The molecule has 0 aromatic rings. The average molecular weight is 305 g/mol. The zero-order valence-corrected chi connectivity index (χ0v) is 13.6. The van der Waals surface area contributed by atoms with Crippen molar-refractivity contribution in [1.29, 1.82) is 0 Å². The van der Waals surface area contributed by atoms with E-state index in [1.165, 1.54) is 0 Å². The molecule has 0 amide bonds. The van der Waals surface area contributed by atoms with Crippen LogP contribution in [0, 0.1) is 5.92 Å². The number of hydrogen-bond acceptors (Lipinski definition) is 4. The van der Waals surface area contributed by atoms with E-state index in [-0.39, 0.29) is 18.1 Å².